The molecule has 2 aromatic rings. The fraction of sp³-hybridized carbons (Fsp3) is 0.235. The van der Waals surface area contributed by atoms with Gasteiger partial charge in [0, 0.05) is 13.1 Å². The predicted molar refractivity (Wildman–Crippen MR) is 82.9 cm³/mol. The van der Waals surface area contributed by atoms with Gasteiger partial charge in [0.25, 0.3) is 5.91 Å². The minimum absolute atomic E-state index is 0.251. The van der Waals surface area contributed by atoms with Crippen molar-refractivity contribution in [2.75, 3.05) is 11.9 Å². The number of carbonyl (C=O) groups excluding carboxylic acids is 1. The van der Waals surface area contributed by atoms with Crippen molar-refractivity contribution in [2.45, 2.75) is 20.4 Å². The average molecular weight is 286 g/mol. The van der Waals surface area contributed by atoms with E-state index >= 15 is 0 Å². The summed E-state index contributed by atoms with van der Waals surface area (Å²) in [5.41, 5.74) is 2.75. The van der Waals surface area contributed by atoms with Crippen molar-refractivity contribution in [2.24, 2.45) is 0 Å². The number of carbonyl (C=O) groups is 1. The number of para-hydroxylation sites is 1. The minimum Gasteiger partial charge on any atom is -0.382 e. The Morgan fingerprint density at radius 1 is 1.14 bits per heavy atom. The highest BCUT2D eigenvalue weighted by atomic mass is 19.1. The summed E-state index contributed by atoms with van der Waals surface area (Å²) >= 11 is 0. The Morgan fingerprint density at radius 2 is 1.86 bits per heavy atom. The molecular weight excluding hydrogens is 267 g/mol. The molecule has 110 valence electrons. The Balaban J connectivity index is 2.10. The van der Waals surface area contributed by atoms with Crippen LogP contribution in [0.1, 0.15) is 28.4 Å². The number of aryl methyl sites for hydroxylation is 1. The lowest BCUT2D eigenvalue weighted by Crippen LogP contribution is -2.24. The van der Waals surface area contributed by atoms with Gasteiger partial charge >= 0.3 is 0 Å². The van der Waals surface area contributed by atoms with Crippen molar-refractivity contribution in [3.05, 3.63) is 65.0 Å². The molecule has 2 rings (SSSR count). The van der Waals surface area contributed by atoms with Crippen molar-refractivity contribution in [1.82, 2.24) is 5.32 Å². The van der Waals surface area contributed by atoms with Crippen LogP contribution in [0.4, 0.5) is 10.1 Å². The van der Waals surface area contributed by atoms with E-state index in [9.17, 15) is 9.18 Å². The van der Waals surface area contributed by atoms with Gasteiger partial charge in [0.05, 0.1) is 11.3 Å². The van der Waals surface area contributed by atoms with Gasteiger partial charge in [-0.3, -0.25) is 4.79 Å². The van der Waals surface area contributed by atoms with E-state index in [1.807, 2.05) is 38.1 Å². The molecule has 0 saturated heterocycles. The molecule has 0 aliphatic heterocycles. The second-order valence-electron chi connectivity index (χ2n) is 4.86. The van der Waals surface area contributed by atoms with E-state index < -0.39 is 5.82 Å². The van der Waals surface area contributed by atoms with Gasteiger partial charge < -0.3 is 10.6 Å². The first-order valence-electron chi connectivity index (χ1n) is 6.98. The molecule has 2 aromatic carbocycles. The van der Waals surface area contributed by atoms with Gasteiger partial charge in [-0.15, -0.1) is 0 Å². The molecule has 0 aliphatic rings. The van der Waals surface area contributed by atoms with Gasteiger partial charge in [0.2, 0.25) is 0 Å². The van der Waals surface area contributed by atoms with Crippen LogP contribution in [0.2, 0.25) is 0 Å². The van der Waals surface area contributed by atoms with Gasteiger partial charge in [-0.05, 0) is 31.5 Å². The summed E-state index contributed by atoms with van der Waals surface area (Å²) in [4.78, 5) is 12.2. The molecule has 21 heavy (non-hydrogen) atoms. The number of benzene rings is 2. The molecule has 0 radical (unpaired) electrons. The van der Waals surface area contributed by atoms with Crippen LogP contribution in [-0.4, -0.2) is 12.5 Å². The molecule has 4 heteroatoms. The monoisotopic (exact) mass is 286 g/mol. The highest BCUT2D eigenvalue weighted by Crippen LogP contribution is 2.19. The Bertz CT molecular complexity index is 623. The maximum Gasteiger partial charge on any atom is 0.253 e. The first kappa shape index (κ1) is 15.0. The molecule has 0 bridgehead atoms. The summed E-state index contributed by atoms with van der Waals surface area (Å²) in [6, 6.07) is 12.4. The third-order valence-electron chi connectivity index (χ3n) is 3.19. The van der Waals surface area contributed by atoms with Crippen LogP contribution >= 0.6 is 0 Å². The second kappa shape index (κ2) is 6.88. The van der Waals surface area contributed by atoms with E-state index in [1.165, 1.54) is 17.7 Å². The van der Waals surface area contributed by atoms with E-state index in [-0.39, 0.29) is 11.6 Å². The average Bonchev–Trinajstić information content (AvgIpc) is 2.48. The number of halogens is 1. The van der Waals surface area contributed by atoms with E-state index in [1.54, 1.807) is 6.07 Å². The molecular formula is C17H19FN2O. The Kier molecular flexibility index (Phi) is 4.93. The number of nitrogens with one attached hydrogen (secondary N) is 2. The molecule has 0 atom stereocenters. The second-order valence-corrected chi connectivity index (χ2v) is 4.86. The molecule has 0 aromatic heterocycles. The van der Waals surface area contributed by atoms with Crippen molar-refractivity contribution in [1.29, 1.82) is 0 Å². The van der Waals surface area contributed by atoms with Crippen molar-refractivity contribution in [3.63, 3.8) is 0 Å². The van der Waals surface area contributed by atoms with Gasteiger partial charge in [-0.2, -0.15) is 0 Å². The fourth-order valence-electron chi connectivity index (χ4n) is 2.05. The molecule has 0 unspecified atom stereocenters. The molecule has 0 aliphatic carbocycles. The van der Waals surface area contributed by atoms with E-state index in [0.717, 1.165) is 5.56 Å². The summed E-state index contributed by atoms with van der Waals surface area (Å²) in [5.74, 6) is -0.703. The van der Waals surface area contributed by atoms with E-state index in [2.05, 4.69) is 10.6 Å². The summed E-state index contributed by atoms with van der Waals surface area (Å²) in [6.45, 7) is 4.85. The Labute approximate surface area is 124 Å². The van der Waals surface area contributed by atoms with E-state index in [4.69, 9.17) is 0 Å². The van der Waals surface area contributed by atoms with Crippen LogP contribution in [0.5, 0.6) is 0 Å². The molecule has 3 nitrogen and oxygen atoms in total. The zero-order chi connectivity index (χ0) is 15.2. The van der Waals surface area contributed by atoms with Gasteiger partial charge in [-0.1, -0.05) is 35.9 Å². The van der Waals surface area contributed by atoms with E-state index in [0.29, 0.717) is 18.7 Å². The van der Waals surface area contributed by atoms with Crippen LogP contribution < -0.4 is 10.6 Å². The summed E-state index contributed by atoms with van der Waals surface area (Å²) in [5, 5.41) is 5.71. The predicted octanol–water partition coefficient (Wildman–Crippen LogP) is 3.50. The molecule has 2 N–H and O–H groups in total. The van der Waals surface area contributed by atoms with Crippen molar-refractivity contribution in [3.8, 4) is 0 Å². The number of amides is 1. The van der Waals surface area contributed by atoms with Crippen LogP contribution in [0.25, 0.3) is 0 Å². The van der Waals surface area contributed by atoms with Crippen molar-refractivity contribution < 1.29 is 9.18 Å². The smallest absolute Gasteiger partial charge is 0.253 e. The summed E-state index contributed by atoms with van der Waals surface area (Å²) in [6.07, 6.45) is 0. The molecule has 0 fully saturated rings. The van der Waals surface area contributed by atoms with Gasteiger partial charge in [0.1, 0.15) is 5.82 Å². The largest absolute Gasteiger partial charge is 0.382 e. The minimum atomic E-state index is -0.417. The summed E-state index contributed by atoms with van der Waals surface area (Å²) < 4.78 is 13.8. The lowest BCUT2D eigenvalue weighted by Gasteiger charge is -2.12. The highest BCUT2D eigenvalue weighted by Gasteiger charge is 2.14. The van der Waals surface area contributed by atoms with Crippen LogP contribution in [-0.2, 0) is 6.54 Å². The molecule has 0 heterocycles. The maximum absolute atomic E-state index is 13.8. The molecule has 0 saturated carbocycles. The number of anilines is 1. The highest BCUT2D eigenvalue weighted by molar-refractivity contribution is 5.99. The topological polar surface area (TPSA) is 41.1 Å². The fourth-order valence-corrected chi connectivity index (χ4v) is 2.05. The lowest BCUT2D eigenvalue weighted by molar-refractivity contribution is 0.0951. The summed E-state index contributed by atoms with van der Waals surface area (Å²) in [7, 11) is 0. The first-order chi connectivity index (χ1) is 10.1. The lowest BCUT2D eigenvalue weighted by atomic mass is 10.1. The molecule has 0 spiro atoms. The third-order valence-corrected chi connectivity index (χ3v) is 3.19. The Morgan fingerprint density at radius 3 is 2.52 bits per heavy atom. The molecule has 1 amide bonds. The SMILES string of the molecule is CCNc1c(F)cccc1C(=O)NCc1ccc(C)cc1. The number of hydrogen-bond acceptors (Lipinski definition) is 2. The standard InChI is InChI=1S/C17H19FN2O/c1-3-19-16-14(5-4-6-15(16)18)17(21)20-11-13-9-7-12(2)8-10-13/h4-10,19H,3,11H2,1-2H3,(H,20,21). The quantitative estimate of drug-likeness (QED) is 0.883. The normalized spacial score (nSPS) is 10.2. The zero-order valence-electron chi connectivity index (χ0n) is 12.2. The van der Waals surface area contributed by atoms with Crippen LogP contribution in [0.3, 0.4) is 0 Å². The third kappa shape index (κ3) is 3.81. The maximum atomic E-state index is 13.8. The Hall–Kier alpha value is -2.36. The van der Waals surface area contributed by atoms with Crippen LogP contribution in [0.15, 0.2) is 42.5 Å². The van der Waals surface area contributed by atoms with Gasteiger partial charge in [0.15, 0.2) is 0 Å². The number of rotatable bonds is 5. The van der Waals surface area contributed by atoms with Crippen LogP contribution in [0, 0.1) is 12.7 Å². The zero-order valence-corrected chi connectivity index (χ0v) is 12.2. The number of hydrogen-bond donors (Lipinski definition) is 2. The first-order valence-corrected chi connectivity index (χ1v) is 6.98. The van der Waals surface area contributed by atoms with Gasteiger partial charge in [-0.25, -0.2) is 4.39 Å². The van der Waals surface area contributed by atoms with Crippen molar-refractivity contribution >= 4 is 11.6 Å².